The lowest BCUT2D eigenvalue weighted by Crippen LogP contribution is -2.36. The molecule has 0 aliphatic carbocycles. The maximum absolute atomic E-state index is 12.2. The van der Waals surface area contributed by atoms with E-state index < -0.39 is 0 Å². The number of aryl methyl sites for hydroxylation is 1. The van der Waals surface area contributed by atoms with E-state index >= 15 is 0 Å². The molecule has 1 atom stereocenters. The van der Waals surface area contributed by atoms with Crippen molar-refractivity contribution in [2.45, 2.75) is 12.5 Å². The number of amides is 1. The van der Waals surface area contributed by atoms with Crippen molar-refractivity contribution in [3.8, 4) is 0 Å². The van der Waals surface area contributed by atoms with Gasteiger partial charge in [0.05, 0.1) is 5.52 Å². The van der Waals surface area contributed by atoms with E-state index in [9.17, 15) is 4.79 Å². The van der Waals surface area contributed by atoms with E-state index in [1.165, 1.54) is 0 Å². The van der Waals surface area contributed by atoms with E-state index in [4.69, 9.17) is 0 Å². The Balaban J connectivity index is 1.77. The molecule has 0 spiro atoms. The average molecular weight is 259 g/mol. The molecule has 6 nitrogen and oxygen atoms in total. The lowest BCUT2D eigenvalue weighted by molar-refractivity contribution is 0.0938. The fraction of sp³-hybridized carbons (Fsp3) is 0.462. The Labute approximate surface area is 111 Å². The summed E-state index contributed by atoms with van der Waals surface area (Å²) in [5.41, 5.74) is 2.32. The van der Waals surface area contributed by atoms with Gasteiger partial charge in [-0.05, 0) is 38.2 Å². The van der Waals surface area contributed by atoms with Gasteiger partial charge < -0.3 is 10.2 Å². The van der Waals surface area contributed by atoms with Crippen LogP contribution in [0.15, 0.2) is 18.2 Å². The predicted molar refractivity (Wildman–Crippen MR) is 71.9 cm³/mol. The number of fused-ring (bicyclic) bond motifs is 1. The van der Waals surface area contributed by atoms with Crippen molar-refractivity contribution in [3.05, 3.63) is 23.8 Å². The van der Waals surface area contributed by atoms with Gasteiger partial charge in [0.1, 0.15) is 5.52 Å². The summed E-state index contributed by atoms with van der Waals surface area (Å²) in [7, 11) is 3.90. The Hall–Kier alpha value is -1.95. The monoisotopic (exact) mass is 259 g/mol. The third kappa shape index (κ3) is 2.31. The van der Waals surface area contributed by atoms with Gasteiger partial charge in [-0.2, -0.15) is 0 Å². The van der Waals surface area contributed by atoms with Crippen LogP contribution in [0, 0.1) is 0 Å². The molecular formula is C13H17N5O. The second kappa shape index (κ2) is 4.62. The van der Waals surface area contributed by atoms with Crippen LogP contribution in [0.25, 0.3) is 11.0 Å². The summed E-state index contributed by atoms with van der Waals surface area (Å²) in [6.45, 7) is 1.95. The van der Waals surface area contributed by atoms with E-state index in [2.05, 4.69) is 27.6 Å². The van der Waals surface area contributed by atoms with Crippen LogP contribution in [-0.2, 0) is 7.05 Å². The molecule has 0 radical (unpaired) electrons. The van der Waals surface area contributed by atoms with Crippen LogP contribution in [0.4, 0.5) is 0 Å². The highest BCUT2D eigenvalue weighted by Gasteiger charge is 2.21. The molecule has 3 rings (SSSR count). The molecule has 6 heteroatoms. The van der Waals surface area contributed by atoms with Crippen LogP contribution in [0.1, 0.15) is 16.8 Å². The summed E-state index contributed by atoms with van der Waals surface area (Å²) in [5, 5.41) is 11.0. The quantitative estimate of drug-likeness (QED) is 0.848. The van der Waals surface area contributed by atoms with Gasteiger partial charge in [-0.15, -0.1) is 5.10 Å². The normalized spacial score (nSPS) is 20.0. The summed E-state index contributed by atoms with van der Waals surface area (Å²) >= 11 is 0. The third-order valence-electron chi connectivity index (χ3n) is 3.60. The molecule has 1 aromatic heterocycles. The number of aromatic nitrogens is 3. The number of hydrogen-bond acceptors (Lipinski definition) is 4. The largest absolute Gasteiger partial charge is 0.348 e. The maximum atomic E-state index is 12.2. The Morgan fingerprint density at radius 3 is 3.00 bits per heavy atom. The first-order valence-corrected chi connectivity index (χ1v) is 6.42. The highest BCUT2D eigenvalue weighted by Crippen LogP contribution is 2.13. The van der Waals surface area contributed by atoms with Gasteiger partial charge >= 0.3 is 0 Å². The first kappa shape index (κ1) is 12.1. The first-order valence-electron chi connectivity index (χ1n) is 6.42. The van der Waals surface area contributed by atoms with Crippen molar-refractivity contribution in [1.82, 2.24) is 25.2 Å². The molecular weight excluding hydrogens is 242 g/mol. The fourth-order valence-corrected chi connectivity index (χ4v) is 2.50. The predicted octanol–water partition coefficient (Wildman–Crippen LogP) is 0.402. The summed E-state index contributed by atoms with van der Waals surface area (Å²) in [6.07, 6.45) is 1.01. The highest BCUT2D eigenvalue weighted by molar-refractivity contribution is 5.97. The minimum absolute atomic E-state index is 0.0344. The van der Waals surface area contributed by atoms with Gasteiger partial charge in [0, 0.05) is 25.2 Å². The van der Waals surface area contributed by atoms with Gasteiger partial charge in [0.25, 0.3) is 5.91 Å². The van der Waals surface area contributed by atoms with E-state index in [0.29, 0.717) is 5.56 Å². The van der Waals surface area contributed by atoms with Crippen LogP contribution in [-0.4, -0.2) is 52.0 Å². The average Bonchev–Trinajstić information content (AvgIpc) is 2.96. The number of likely N-dealkylation sites (tertiary alicyclic amines) is 1. The fourth-order valence-electron chi connectivity index (χ4n) is 2.50. The van der Waals surface area contributed by atoms with Crippen LogP contribution >= 0.6 is 0 Å². The summed E-state index contributed by atoms with van der Waals surface area (Å²) in [4.78, 5) is 14.4. The molecule has 2 aromatic rings. The molecule has 1 unspecified atom stereocenters. The van der Waals surface area contributed by atoms with E-state index in [0.717, 1.165) is 30.5 Å². The Bertz CT molecular complexity index is 621. The zero-order chi connectivity index (χ0) is 13.4. The van der Waals surface area contributed by atoms with Gasteiger partial charge in [0.15, 0.2) is 0 Å². The summed E-state index contributed by atoms with van der Waals surface area (Å²) in [6, 6.07) is 5.73. The number of carbonyl (C=O) groups excluding carboxylic acids is 1. The molecule has 1 aromatic carbocycles. The zero-order valence-electron chi connectivity index (χ0n) is 11.1. The van der Waals surface area contributed by atoms with E-state index in [1.807, 2.05) is 19.2 Å². The van der Waals surface area contributed by atoms with Crippen molar-refractivity contribution >= 4 is 16.9 Å². The topological polar surface area (TPSA) is 63.1 Å². The molecule has 19 heavy (non-hydrogen) atoms. The first-order chi connectivity index (χ1) is 9.13. The molecule has 1 amide bonds. The van der Waals surface area contributed by atoms with Gasteiger partial charge in [-0.1, -0.05) is 5.21 Å². The number of nitrogens with one attached hydrogen (secondary N) is 1. The minimum Gasteiger partial charge on any atom is -0.348 e. The van der Waals surface area contributed by atoms with E-state index in [1.54, 1.807) is 10.7 Å². The third-order valence-corrected chi connectivity index (χ3v) is 3.60. The number of carbonyl (C=O) groups is 1. The zero-order valence-corrected chi connectivity index (χ0v) is 11.1. The van der Waals surface area contributed by atoms with Crippen LogP contribution in [0.2, 0.25) is 0 Å². The highest BCUT2D eigenvalue weighted by atomic mass is 16.1. The second-order valence-corrected chi connectivity index (χ2v) is 5.14. The maximum Gasteiger partial charge on any atom is 0.251 e. The standard InChI is InChI=1S/C13H17N5O/c1-17-6-5-10(8-17)14-13(19)9-3-4-12-11(7-9)15-16-18(12)2/h3-4,7,10H,5-6,8H2,1-2H3,(H,14,19). The Morgan fingerprint density at radius 1 is 1.42 bits per heavy atom. The minimum atomic E-state index is -0.0344. The molecule has 1 aliphatic heterocycles. The van der Waals surface area contributed by atoms with E-state index in [-0.39, 0.29) is 11.9 Å². The van der Waals surface area contributed by atoms with Crippen LogP contribution < -0.4 is 5.32 Å². The van der Waals surface area contributed by atoms with Crippen LogP contribution in [0.5, 0.6) is 0 Å². The van der Waals surface area contributed by atoms with Crippen molar-refractivity contribution in [1.29, 1.82) is 0 Å². The summed E-state index contributed by atoms with van der Waals surface area (Å²) in [5.74, 6) is -0.0344. The van der Waals surface area contributed by atoms with Crippen molar-refractivity contribution < 1.29 is 4.79 Å². The number of rotatable bonds is 2. The van der Waals surface area contributed by atoms with Crippen molar-refractivity contribution in [2.24, 2.45) is 7.05 Å². The molecule has 100 valence electrons. The lowest BCUT2D eigenvalue weighted by atomic mass is 10.1. The molecule has 1 aliphatic rings. The van der Waals surface area contributed by atoms with Crippen LogP contribution in [0.3, 0.4) is 0 Å². The Morgan fingerprint density at radius 2 is 2.26 bits per heavy atom. The van der Waals surface area contributed by atoms with Gasteiger partial charge in [-0.25, -0.2) is 4.68 Å². The van der Waals surface area contributed by atoms with Crippen molar-refractivity contribution in [2.75, 3.05) is 20.1 Å². The smallest absolute Gasteiger partial charge is 0.251 e. The number of nitrogens with zero attached hydrogens (tertiary/aromatic N) is 4. The molecule has 0 saturated carbocycles. The SMILES string of the molecule is CN1CCC(NC(=O)c2ccc3c(c2)nnn3C)C1. The number of hydrogen-bond donors (Lipinski definition) is 1. The molecule has 1 N–H and O–H groups in total. The molecule has 0 bridgehead atoms. The van der Waals surface area contributed by atoms with Gasteiger partial charge in [-0.3, -0.25) is 4.79 Å². The Kier molecular flexibility index (Phi) is 2.94. The second-order valence-electron chi connectivity index (χ2n) is 5.14. The van der Waals surface area contributed by atoms with Gasteiger partial charge in [0.2, 0.25) is 0 Å². The number of benzene rings is 1. The number of likely N-dealkylation sites (N-methyl/N-ethyl adjacent to an activating group) is 1. The summed E-state index contributed by atoms with van der Waals surface area (Å²) < 4.78 is 1.70. The molecule has 2 heterocycles. The van der Waals surface area contributed by atoms with Crippen molar-refractivity contribution in [3.63, 3.8) is 0 Å². The lowest BCUT2D eigenvalue weighted by Gasteiger charge is -2.12. The molecule has 1 saturated heterocycles. The molecule has 1 fully saturated rings.